The molecule has 50 heavy (non-hydrogen) atoms. The smallest absolute Gasteiger partial charge is 0.315 e. The highest BCUT2D eigenvalue weighted by molar-refractivity contribution is 7.92. The van der Waals surface area contributed by atoms with Gasteiger partial charge in [-0.2, -0.15) is 0 Å². The summed E-state index contributed by atoms with van der Waals surface area (Å²) in [5.74, 6) is -3.01. The molecule has 1 unspecified atom stereocenters. The summed E-state index contributed by atoms with van der Waals surface area (Å²) in [6.07, 6.45) is 6.00. The Labute approximate surface area is 298 Å². The Hall–Kier alpha value is -2.74. The summed E-state index contributed by atoms with van der Waals surface area (Å²) in [5.41, 5.74) is -2.31. The molecule has 0 aromatic rings. The van der Waals surface area contributed by atoms with E-state index in [1.165, 1.54) is 4.90 Å². The summed E-state index contributed by atoms with van der Waals surface area (Å²) in [7, 11) is -3.58. The van der Waals surface area contributed by atoms with E-state index in [0.717, 1.165) is 32.1 Å². The van der Waals surface area contributed by atoms with Gasteiger partial charge in [0.2, 0.25) is 17.6 Å². The molecule has 5 amide bonds. The molecule has 2 saturated carbocycles. The quantitative estimate of drug-likeness (QED) is 0.222. The largest absolute Gasteiger partial charge is 0.370 e. The van der Waals surface area contributed by atoms with E-state index in [1.54, 1.807) is 20.8 Å². The Morgan fingerprint density at radius 3 is 2.10 bits per heavy atom. The number of nitrogens with one attached hydrogen (secondary N) is 4. The maximum absolute atomic E-state index is 14.6. The molecule has 2 heterocycles. The number of sulfone groups is 1. The van der Waals surface area contributed by atoms with Gasteiger partial charge in [0.15, 0.2) is 9.84 Å². The first-order valence-corrected chi connectivity index (χ1v) is 20.1. The summed E-state index contributed by atoms with van der Waals surface area (Å²) in [5, 5.41) is 11.4. The zero-order chi connectivity index (χ0) is 37.4. The molecule has 4 rings (SSSR count). The highest BCUT2D eigenvalue weighted by atomic mass is 32.2. The number of Topliss-reactive ketones (excluding diaryl/α,β-unsaturated/α-hetero) is 1. The first kappa shape index (κ1) is 40.0. The Morgan fingerprint density at radius 1 is 0.940 bits per heavy atom. The number of carbonyl (C=O) groups excluding carboxylic acids is 5. The van der Waals surface area contributed by atoms with Crippen LogP contribution in [0.15, 0.2) is 0 Å². The molecule has 0 aromatic heterocycles. The lowest BCUT2D eigenvalue weighted by atomic mass is 9.83. The average Bonchev–Trinajstić information content (AvgIpc) is 3.65. The average molecular weight is 724 g/mol. The van der Waals surface area contributed by atoms with Crippen LogP contribution < -0.4 is 21.3 Å². The van der Waals surface area contributed by atoms with E-state index >= 15 is 0 Å². The van der Waals surface area contributed by atoms with Crippen molar-refractivity contribution in [3.05, 3.63) is 0 Å². The van der Waals surface area contributed by atoms with Gasteiger partial charge in [0.25, 0.3) is 5.91 Å². The second kappa shape index (κ2) is 14.7. The SMILES string of the molecule is CCCC(NC(=O)[C@@H]1[C@H]2CC(C)(C)O[C@H]2CN1C(=O)[C@@H](NC(=O)NC1(CS(=O)(=O)C(C)(C)C)CCCCC1)C(C)(C)C)C(=O)C(=O)NC1CC1. The summed E-state index contributed by atoms with van der Waals surface area (Å²) in [4.78, 5) is 69.8. The van der Waals surface area contributed by atoms with Crippen molar-refractivity contribution < 1.29 is 37.1 Å². The van der Waals surface area contributed by atoms with Crippen LogP contribution in [0.25, 0.3) is 0 Å². The van der Waals surface area contributed by atoms with E-state index in [4.69, 9.17) is 4.74 Å². The summed E-state index contributed by atoms with van der Waals surface area (Å²) in [6.45, 7) is 16.2. The Balaban J connectivity index is 1.58. The van der Waals surface area contributed by atoms with Gasteiger partial charge in [-0.1, -0.05) is 53.4 Å². The predicted octanol–water partition coefficient (Wildman–Crippen LogP) is 3.14. The molecule has 0 radical (unpaired) electrons. The molecule has 284 valence electrons. The van der Waals surface area contributed by atoms with Crippen molar-refractivity contribution in [2.45, 2.75) is 173 Å². The molecule has 13 nitrogen and oxygen atoms in total. The first-order chi connectivity index (χ1) is 23.0. The van der Waals surface area contributed by atoms with Crippen LogP contribution in [0.4, 0.5) is 4.79 Å². The van der Waals surface area contributed by atoms with Crippen molar-refractivity contribution in [3.8, 4) is 0 Å². The van der Waals surface area contributed by atoms with Gasteiger partial charge in [0.05, 0.1) is 33.8 Å². The van der Waals surface area contributed by atoms with Gasteiger partial charge in [-0.15, -0.1) is 0 Å². The van der Waals surface area contributed by atoms with E-state index in [2.05, 4.69) is 21.3 Å². The van der Waals surface area contributed by atoms with Gasteiger partial charge in [-0.3, -0.25) is 19.2 Å². The van der Waals surface area contributed by atoms with Gasteiger partial charge in [0.1, 0.15) is 12.1 Å². The fourth-order valence-corrected chi connectivity index (χ4v) is 9.15. The van der Waals surface area contributed by atoms with Gasteiger partial charge in [-0.05, 0) is 78.6 Å². The molecule has 4 aliphatic rings. The van der Waals surface area contributed by atoms with E-state index in [9.17, 15) is 32.4 Å². The molecule has 0 spiro atoms. The van der Waals surface area contributed by atoms with Crippen LogP contribution >= 0.6 is 0 Å². The van der Waals surface area contributed by atoms with E-state index in [0.29, 0.717) is 25.7 Å². The van der Waals surface area contributed by atoms with Gasteiger partial charge in [0, 0.05) is 18.5 Å². The molecule has 2 aliphatic heterocycles. The van der Waals surface area contributed by atoms with Crippen molar-refractivity contribution in [3.63, 3.8) is 0 Å². The highest BCUT2D eigenvalue weighted by Crippen LogP contribution is 2.43. The predicted molar refractivity (Wildman–Crippen MR) is 190 cm³/mol. The molecule has 2 saturated heterocycles. The van der Waals surface area contributed by atoms with Crippen molar-refractivity contribution >= 4 is 39.4 Å². The fraction of sp³-hybridized carbons (Fsp3) is 0.861. The topological polar surface area (TPSA) is 180 Å². The van der Waals surface area contributed by atoms with Crippen LogP contribution in [-0.4, -0.2) is 101 Å². The van der Waals surface area contributed by atoms with Crippen LogP contribution in [0.5, 0.6) is 0 Å². The molecule has 4 N–H and O–H groups in total. The van der Waals surface area contributed by atoms with E-state index in [1.807, 2.05) is 41.5 Å². The number of fused-ring (bicyclic) bond motifs is 1. The molecule has 5 atom stereocenters. The second-order valence-corrected chi connectivity index (χ2v) is 20.5. The lowest BCUT2D eigenvalue weighted by Gasteiger charge is -2.41. The monoisotopic (exact) mass is 723 g/mol. The van der Waals surface area contributed by atoms with E-state index < -0.39 is 84.9 Å². The van der Waals surface area contributed by atoms with Gasteiger partial charge in [-0.25, -0.2) is 13.2 Å². The minimum atomic E-state index is -3.58. The summed E-state index contributed by atoms with van der Waals surface area (Å²) >= 11 is 0. The maximum atomic E-state index is 14.6. The summed E-state index contributed by atoms with van der Waals surface area (Å²) in [6, 6.07) is -3.78. The van der Waals surface area contributed by atoms with E-state index in [-0.39, 0.29) is 30.7 Å². The Kier molecular flexibility index (Phi) is 11.8. The minimum absolute atomic E-state index is 0.0130. The number of hydrogen-bond acceptors (Lipinski definition) is 8. The molecular formula is C36H61N5O8S. The third kappa shape index (κ3) is 9.37. The normalized spacial score (nSPS) is 25.9. The Morgan fingerprint density at radius 2 is 1.56 bits per heavy atom. The van der Waals surface area contributed by atoms with Crippen LogP contribution in [-0.2, 0) is 33.8 Å². The van der Waals surface area contributed by atoms with Crippen molar-refractivity contribution in [2.75, 3.05) is 12.3 Å². The standard InChI is InChI=1S/C36H61N5O8S/c1-10-14-24(27(42)30(44)37-22-15-16-22)38-29(43)26-23-19-35(8,9)49-25(23)20-41(26)31(45)28(33(2,3)4)39-32(46)40-36(17-12-11-13-18-36)21-50(47,48)34(5,6)7/h22-26,28H,10-21H2,1-9H3,(H,37,44)(H,38,43)(H2,39,40,46)/t23-,24?,25-,26-,28+/m0/s1. The number of urea groups is 1. The second-order valence-electron chi connectivity index (χ2n) is 17.8. The summed E-state index contributed by atoms with van der Waals surface area (Å²) < 4.78 is 32.0. The molecule has 2 aliphatic carbocycles. The number of amides is 5. The van der Waals surface area contributed by atoms with Crippen LogP contribution in [0, 0.1) is 11.3 Å². The zero-order valence-electron chi connectivity index (χ0n) is 31.6. The number of nitrogens with zero attached hydrogens (tertiary/aromatic N) is 1. The third-order valence-corrected chi connectivity index (χ3v) is 13.5. The Bertz CT molecular complexity index is 1420. The fourth-order valence-electron chi connectivity index (χ4n) is 7.63. The highest BCUT2D eigenvalue weighted by Gasteiger charge is 2.57. The first-order valence-electron chi connectivity index (χ1n) is 18.4. The van der Waals surface area contributed by atoms with Crippen LogP contribution in [0.1, 0.15) is 127 Å². The van der Waals surface area contributed by atoms with Crippen molar-refractivity contribution in [1.82, 2.24) is 26.2 Å². The number of likely N-dealkylation sites (tertiary alicyclic amines) is 1. The number of ketones is 1. The number of carbonyl (C=O) groups is 5. The number of hydrogen-bond donors (Lipinski definition) is 4. The molecule has 0 bridgehead atoms. The molecular weight excluding hydrogens is 662 g/mol. The molecule has 14 heteroatoms. The minimum Gasteiger partial charge on any atom is -0.370 e. The maximum Gasteiger partial charge on any atom is 0.315 e. The lowest BCUT2D eigenvalue weighted by molar-refractivity contribution is -0.145. The van der Waals surface area contributed by atoms with Crippen molar-refractivity contribution in [1.29, 1.82) is 0 Å². The zero-order valence-corrected chi connectivity index (χ0v) is 32.4. The van der Waals surface area contributed by atoms with Crippen LogP contribution in [0.2, 0.25) is 0 Å². The lowest BCUT2D eigenvalue weighted by Crippen LogP contribution is -2.64. The number of ether oxygens (including phenoxy) is 1. The van der Waals surface area contributed by atoms with Crippen molar-refractivity contribution in [2.24, 2.45) is 11.3 Å². The number of rotatable bonds is 12. The van der Waals surface area contributed by atoms with Crippen LogP contribution in [0.3, 0.4) is 0 Å². The van der Waals surface area contributed by atoms with Gasteiger partial charge < -0.3 is 30.9 Å². The van der Waals surface area contributed by atoms with Gasteiger partial charge >= 0.3 is 6.03 Å². The molecule has 0 aromatic carbocycles. The third-order valence-electron chi connectivity index (χ3n) is 10.7. The molecule has 4 fully saturated rings.